The predicted octanol–water partition coefficient (Wildman–Crippen LogP) is 3.40. The van der Waals surface area contributed by atoms with Gasteiger partial charge in [-0.25, -0.2) is 9.18 Å². The molecule has 0 spiro atoms. The van der Waals surface area contributed by atoms with Crippen molar-refractivity contribution in [2.45, 2.75) is 32.0 Å². The zero-order chi connectivity index (χ0) is 18.0. The van der Waals surface area contributed by atoms with Gasteiger partial charge < -0.3 is 14.9 Å². The van der Waals surface area contributed by atoms with Gasteiger partial charge in [-0.2, -0.15) is 13.2 Å². The molecule has 0 fully saturated rings. The Bertz CT molecular complexity index is 633. The zero-order valence-corrected chi connectivity index (χ0v) is 12.7. The van der Waals surface area contributed by atoms with Gasteiger partial charge in [0.15, 0.2) is 11.6 Å². The second-order valence-corrected chi connectivity index (χ2v) is 5.14. The third-order valence-corrected chi connectivity index (χ3v) is 3.36. The molecule has 1 rings (SSSR count). The van der Waals surface area contributed by atoms with Crippen molar-refractivity contribution in [1.29, 1.82) is 0 Å². The molecule has 0 saturated carbocycles. The number of rotatable bonds is 5. The Morgan fingerprint density at radius 1 is 1.26 bits per heavy atom. The van der Waals surface area contributed by atoms with E-state index in [1.54, 1.807) is 0 Å². The van der Waals surface area contributed by atoms with Crippen molar-refractivity contribution in [2.75, 3.05) is 7.11 Å². The molecule has 0 amide bonds. The number of carboxylic acid groups (broad SMARTS) is 1. The molecule has 0 aliphatic carbocycles. The van der Waals surface area contributed by atoms with Crippen LogP contribution in [-0.4, -0.2) is 35.1 Å². The number of hydrogen-bond acceptors (Lipinski definition) is 3. The summed E-state index contributed by atoms with van der Waals surface area (Å²) in [5, 5.41) is 18.5. The van der Waals surface area contributed by atoms with Crippen LogP contribution in [-0.2, 0) is 4.79 Å². The standard InChI is InChI=1S/C15H16F4O4/c1-8(2)10(7-14(22,13(20)21)15(17,18)19)9-5-4-6-11(16)12(9)23-3/h4-6,22H,7H2,1-3H3,(H,20,21). The van der Waals surface area contributed by atoms with Crippen LogP contribution in [0.3, 0.4) is 0 Å². The van der Waals surface area contributed by atoms with E-state index in [1.807, 2.05) is 0 Å². The molecule has 23 heavy (non-hydrogen) atoms. The van der Waals surface area contributed by atoms with E-state index < -0.39 is 30.0 Å². The Labute approximate surface area is 130 Å². The molecule has 1 aromatic carbocycles. The lowest BCUT2D eigenvalue weighted by atomic mass is 9.87. The highest BCUT2D eigenvalue weighted by atomic mass is 19.4. The van der Waals surface area contributed by atoms with E-state index in [0.717, 1.165) is 13.2 Å². The number of ether oxygens (including phenoxy) is 1. The highest BCUT2D eigenvalue weighted by Gasteiger charge is 2.60. The van der Waals surface area contributed by atoms with Crippen molar-refractivity contribution in [3.63, 3.8) is 0 Å². The molecule has 0 saturated heterocycles. The summed E-state index contributed by atoms with van der Waals surface area (Å²) in [5.41, 5.74) is -3.91. The van der Waals surface area contributed by atoms with Crippen LogP contribution in [0.2, 0.25) is 0 Å². The molecule has 4 nitrogen and oxygen atoms in total. The van der Waals surface area contributed by atoms with E-state index in [4.69, 9.17) is 9.84 Å². The molecule has 128 valence electrons. The highest BCUT2D eigenvalue weighted by molar-refractivity contribution is 5.84. The zero-order valence-electron chi connectivity index (χ0n) is 12.7. The number of aliphatic carboxylic acids is 1. The Balaban J connectivity index is 3.50. The molecule has 8 heteroatoms. The van der Waals surface area contributed by atoms with E-state index in [2.05, 4.69) is 0 Å². The number of halogens is 4. The lowest BCUT2D eigenvalue weighted by Crippen LogP contribution is -2.52. The van der Waals surface area contributed by atoms with Crippen molar-refractivity contribution in [3.05, 3.63) is 35.2 Å². The van der Waals surface area contributed by atoms with Gasteiger partial charge >= 0.3 is 12.1 Å². The molecule has 1 atom stereocenters. The molecule has 0 aliphatic heterocycles. The highest BCUT2D eigenvalue weighted by Crippen LogP contribution is 2.41. The van der Waals surface area contributed by atoms with Crippen LogP contribution in [0, 0.1) is 5.82 Å². The van der Waals surface area contributed by atoms with Gasteiger partial charge in [-0.1, -0.05) is 17.7 Å². The fraction of sp³-hybridized carbons (Fsp3) is 0.400. The summed E-state index contributed by atoms with van der Waals surface area (Å²) in [7, 11) is 1.14. The summed E-state index contributed by atoms with van der Waals surface area (Å²) in [6.45, 7) is 2.86. The summed E-state index contributed by atoms with van der Waals surface area (Å²) in [6.07, 6.45) is -6.67. The number of carboxylic acids is 1. The van der Waals surface area contributed by atoms with Gasteiger partial charge in [-0.3, -0.25) is 0 Å². The quantitative estimate of drug-likeness (QED) is 0.809. The first-order valence-electron chi connectivity index (χ1n) is 6.47. The summed E-state index contributed by atoms with van der Waals surface area (Å²) in [5.74, 6) is -3.56. The third-order valence-electron chi connectivity index (χ3n) is 3.36. The lowest BCUT2D eigenvalue weighted by Gasteiger charge is -2.28. The average molecular weight is 336 g/mol. The Hall–Kier alpha value is -2.09. The number of hydrogen-bond donors (Lipinski definition) is 2. The number of benzene rings is 1. The number of methoxy groups -OCH3 is 1. The van der Waals surface area contributed by atoms with Crippen molar-refractivity contribution in [1.82, 2.24) is 0 Å². The molecule has 0 radical (unpaired) electrons. The normalized spacial score (nSPS) is 14.1. The van der Waals surface area contributed by atoms with Crippen molar-refractivity contribution in [3.8, 4) is 5.75 Å². The minimum Gasteiger partial charge on any atom is -0.493 e. The van der Waals surface area contributed by atoms with E-state index in [1.165, 1.54) is 26.0 Å². The van der Waals surface area contributed by atoms with Crippen LogP contribution in [0.25, 0.3) is 5.57 Å². The monoisotopic (exact) mass is 336 g/mol. The van der Waals surface area contributed by atoms with Gasteiger partial charge in [-0.15, -0.1) is 0 Å². The van der Waals surface area contributed by atoms with Crippen LogP contribution < -0.4 is 4.74 Å². The van der Waals surface area contributed by atoms with Crippen LogP contribution in [0.4, 0.5) is 17.6 Å². The van der Waals surface area contributed by atoms with Gasteiger partial charge in [0, 0.05) is 12.0 Å². The molecule has 0 aromatic heterocycles. The number of carbonyl (C=O) groups is 1. The number of aliphatic hydroxyl groups is 1. The second kappa shape index (κ2) is 6.57. The molecule has 1 aromatic rings. The lowest BCUT2D eigenvalue weighted by molar-refractivity contribution is -0.258. The minimum atomic E-state index is -5.40. The average Bonchev–Trinajstić information content (AvgIpc) is 2.42. The molecule has 2 N–H and O–H groups in total. The van der Waals surface area contributed by atoms with Crippen LogP contribution >= 0.6 is 0 Å². The van der Waals surface area contributed by atoms with Gasteiger partial charge in [0.05, 0.1) is 7.11 Å². The number of alkyl halides is 3. The fourth-order valence-electron chi connectivity index (χ4n) is 2.05. The van der Waals surface area contributed by atoms with Crippen LogP contribution in [0.15, 0.2) is 23.8 Å². The first-order chi connectivity index (χ1) is 10.5. The van der Waals surface area contributed by atoms with Gasteiger partial charge in [0.25, 0.3) is 5.60 Å². The molecule has 0 aliphatic rings. The van der Waals surface area contributed by atoms with E-state index in [9.17, 15) is 27.5 Å². The van der Waals surface area contributed by atoms with Crippen molar-refractivity contribution < 1.29 is 37.3 Å². The summed E-state index contributed by atoms with van der Waals surface area (Å²) in [4.78, 5) is 11.0. The van der Waals surface area contributed by atoms with Crippen LogP contribution in [0.5, 0.6) is 5.75 Å². The van der Waals surface area contributed by atoms with Crippen LogP contribution in [0.1, 0.15) is 25.8 Å². The summed E-state index contributed by atoms with van der Waals surface area (Å²) < 4.78 is 57.6. The van der Waals surface area contributed by atoms with Gasteiger partial charge in [0.1, 0.15) is 0 Å². The maximum Gasteiger partial charge on any atom is 0.428 e. The van der Waals surface area contributed by atoms with E-state index >= 15 is 0 Å². The molecule has 0 bridgehead atoms. The second-order valence-electron chi connectivity index (χ2n) is 5.14. The van der Waals surface area contributed by atoms with E-state index in [0.29, 0.717) is 0 Å². The molecule has 1 unspecified atom stereocenters. The smallest absolute Gasteiger partial charge is 0.428 e. The van der Waals surface area contributed by atoms with Gasteiger partial charge in [-0.05, 0) is 25.5 Å². The molecule has 0 heterocycles. The fourth-order valence-corrected chi connectivity index (χ4v) is 2.05. The predicted molar refractivity (Wildman–Crippen MR) is 74.5 cm³/mol. The first kappa shape index (κ1) is 19.0. The molecular weight excluding hydrogens is 320 g/mol. The Kier molecular flexibility index (Phi) is 5.42. The maximum absolute atomic E-state index is 13.8. The molecular formula is C15H16F4O4. The third kappa shape index (κ3) is 3.64. The first-order valence-corrected chi connectivity index (χ1v) is 6.47. The SMILES string of the molecule is COc1c(F)cccc1C(CC(O)(C(=O)O)C(F)(F)F)=C(C)C. The Morgan fingerprint density at radius 2 is 1.83 bits per heavy atom. The Morgan fingerprint density at radius 3 is 2.22 bits per heavy atom. The van der Waals surface area contributed by atoms with Gasteiger partial charge in [0.2, 0.25) is 0 Å². The summed E-state index contributed by atoms with van der Waals surface area (Å²) in [6, 6.07) is 3.60. The summed E-state index contributed by atoms with van der Waals surface area (Å²) >= 11 is 0. The largest absolute Gasteiger partial charge is 0.493 e. The van der Waals surface area contributed by atoms with E-state index in [-0.39, 0.29) is 22.5 Å². The topological polar surface area (TPSA) is 66.8 Å². The number of allylic oxidation sites excluding steroid dienone is 1. The van der Waals surface area contributed by atoms with Crippen molar-refractivity contribution in [2.24, 2.45) is 0 Å². The number of para-hydroxylation sites is 1. The maximum atomic E-state index is 13.8. The van der Waals surface area contributed by atoms with Crippen molar-refractivity contribution >= 4 is 11.5 Å². The minimum absolute atomic E-state index is 0.0450.